The fourth-order valence-electron chi connectivity index (χ4n) is 4.44. The lowest BCUT2D eigenvalue weighted by molar-refractivity contribution is 0.0693. The molecule has 6 heteroatoms. The van der Waals surface area contributed by atoms with Crippen LogP contribution >= 0.6 is 15.9 Å². The molecule has 1 fully saturated rings. The van der Waals surface area contributed by atoms with Crippen LogP contribution in [0.4, 0.5) is 10.1 Å². The Balaban J connectivity index is 1.78. The largest absolute Gasteiger partial charge is 0.394 e. The average Bonchev–Trinajstić information content (AvgIpc) is 3.06. The van der Waals surface area contributed by atoms with Gasteiger partial charge in [-0.2, -0.15) is 0 Å². The molecule has 2 heterocycles. The Labute approximate surface area is 160 Å². The zero-order valence-electron chi connectivity index (χ0n) is 14.4. The second kappa shape index (κ2) is 6.67. The van der Waals surface area contributed by atoms with Crippen molar-refractivity contribution >= 4 is 27.5 Å². The minimum Gasteiger partial charge on any atom is -0.394 e. The third-order valence-corrected chi connectivity index (χ3v) is 6.14. The van der Waals surface area contributed by atoms with Gasteiger partial charge in [-0.25, -0.2) is 4.39 Å². The van der Waals surface area contributed by atoms with Crippen LogP contribution in [0.1, 0.15) is 28.4 Å². The summed E-state index contributed by atoms with van der Waals surface area (Å²) in [6.45, 7) is 0.635. The van der Waals surface area contributed by atoms with Gasteiger partial charge in [-0.1, -0.05) is 22.0 Å². The van der Waals surface area contributed by atoms with Crippen LogP contribution < -0.4 is 4.90 Å². The number of fused-ring (bicyclic) bond motifs is 3. The molecule has 0 aromatic heterocycles. The smallest absolute Gasteiger partial charge is 0.254 e. The molecule has 0 saturated carbocycles. The van der Waals surface area contributed by atoms with E-state index in [2.05, 4.69) is 20.8 Å². The highest BCUT2D eigenvalue weighted by Crippen LogP contribution is 2.49. The lowest BCUT2D eigenvalue weighted by Crippen LogP contribution is -2.48. The molecule has 4 nitrogen and oxygen atoms in total. The fourth-order valence-corrected chi connectivity index (χ4v) is 4.82. The van der Waals surface area contributed by atoms with Gasteiger partial charge in [-0.05, 0) is 48.4 Å². The van der Waals surface area contributed by atoms with E-state index in [-0.39, 0.29) is 30.5 Å². The van der Waals surface area contributed by atoms with Crippen molar-refractivity contribution in [3.05, 3.63) is 63.9 Å². The van der Waals surface area contributed by atoms with Gasteiger partial charge in [0.05, 0.1) is 18.7 Å². The number of anilines is 1. The molecule has 1 N–H and O–H groups in total. The molecule has 1 saturated heterocycles. The molecule has 136 valence electrons. The van der Waals surface area contributed by atoms with Gasteiger partial charge in [0, 0.05) is 35.2 Å². The van der Waals surface area contributed by atoms with Crippen molar-refractivity contribution in [3.8, 4) is 0 Å². The summed E-state index contributed by atoms with van der Waals surface area (Å²) in [6.07, 6.45) is 0.813. The van der Waals surface area contributed by atoms with Gasteiger partial charge in [0.2, 0.25) is 0 Å². The van der Waals surface area contributed by atoms with E-state index in [9.17, 15) is 14.3 Å². The van der Waals surface area contributed by atoms with E-state index < -0.39 is 5.82 Å². The number of carbonyl (C=O) groups excluding carboxylic acids is 1. The highest BCUT2D eigenvalue weighted by Gasteiger charge is 2.47. The van der Waals surface area contributed by atoms with E-state index in [1.165, 1.54) is 12.1 Å². The van der Waals surface area contributed by atoms with Gasteiger partial charge in [0.25, 0.3) is 5.91 Å². The fraction of sp³-hybridized carbons (Fsp3) is 0.350. The number of rotatable bonds is 2. The molecule has 1 amide bonds. The lowest BCUT2D eigenvalue weighted by atomic mass is 9.82. The molecule has 3 atom stereocenters. The number of hydrogen-bond donors (Lipinski definition) is 1. The summed E-state index contributed by atoms with van der Waals surface area (Å²) in [6, 6.07) is 11.7. The third kappa shape index (κ3) is 2.72. The Morgan fingerprint density at radius 2 is 2.12 bits per heavy atom. The van der Waals surface area contributed by atoms with Gasteiger partial charge >= 0.3 is 0 Å². The first kappa shape index (κ1) is 17.5. The topological polar surface area (TPSA) is 43.8 Å². The van der Waals surface area contributed by atoms with Gasteiger partial charge in [0.1, 0.15) is 5.82 Å². The van der Waals surface area contributed by atoms with Crippen LogP contribution in [0.5, 0.6) is 0 Å². The molecule has 0 spiro atoms. The van der Waals surface area contributed by atoms with E-state index in [4.69, 9.17) is 0 Å². The van der Waals surface area contributed by atoms with Crippen molar-refractivity contribution in [2.24, 2.45) is 5.92 Å². The molecule has 4 rings (SSSR count). The van der Waals surface area contributed by atoms with Gasteiger partial charge in [0.15, 0.2) is 0 Å². The second-order valence-electron chi connectivity index (χ2n) is 6.97. The summed E-state index contributed by atoms with van der Waals surface area (Å²) in [5.74, 6) is -0.431. The molecule has 2 aromatic rings. The van der Waals surface area contributed by atoms with E-state index >= 15 is 0 Å². The number of halogens is 2. The number of benzene rings is 2. The molecule has 0 unspecified atom stereocenters. The summed E-state index contributed by atoms with van der Waals surface area (Å²) >= 11 is 3.53. The summed E-state index contributed by atoms with van der Waals surface area (Å²) < 4.78 is 14.5. The minimum atomic E-state index is -0.411. The molecular formula is C20H20BrFN2O2. The van der Waals surface area contributed by atoms with E-state index in [1.807, 2.05) is 30.1 Å². The molecule has 2 aliphatic rings. The predicted molar refractivity (Wildman–Crippen MR) is 102 cm³/mol. The van der Waals surface area contributed by atoms with Crippen LogP contribution in [0.15, 0.2) is 46.9 Å². The number of likely N-dealkylation sites (tertiary alicyclic amines) is 1. The molecular weight excluding hydrogens is 399 g/mol. The van der Waals surface area contributed by atoms with E-state index in [1.54, 1.807) is 12.1 Å². The number of hydrogen-bond acceptors (Lipinski definition) is 3. The van der Waals surface area contributed by atoms with Crippen LogP contribution in [-0.4, -0.2) is 42.2 Å². The SMILES string of the molecule is CN1c2ccc(Br)cc2[C@H]2[C@H](CCN2C(=O)c2cccc(F)c2)[C@H]1CO. The zero-order valence-corrected chi connectivity index (χ0v) is 16.0. The van der Waals surface area contributed by atoms with Crippen molar-refractivity contribution in [2.45, 2.75) is 18.5 Å². The first-order valence-electron chi connectivity index (χ1n) is 8.71. The molecule has 26 heavy (non-hydrogen) atoms. The third-order valence-electron chi connectivity index (χ3n) is 5.64. The number of likely N-dealkylation sites (N-methyl/N-ethyl adjacent to an activating group) is 1. The first-order valence-corrected chi connectivity index (χ1v) is 9.50. The van der Waals surface area contributed by atoms with Gasteiger partial charge in [-0.15, -0.1) is 0 Å². The van der Waals surface area contributed by atoms with Gasteiger partial charge in [-0.3, -0.25) is 4.79 Å². The maximum atomic E-state index is 13.6. The minimum absolute atomic E-state index is 0.0369. The Kier molecular flexibility index (Phi) is 4.49. The van der Waals surface area contributed by atoms with Crippen molar-refractivity contribution in [1.29, 1.82) is 0 Å². The Morgan fingerprint density at radius 1 is 1.31 bits per heavy atom. The van der Waals surface area contributed by atoms with Crippen molar-refractivity contribution in [1.82, 2.24) is 4.90 Å². The van der Waals surface area contributed by atoms with Crippen molar-refractivity contribution in [3.63, 3.8) is 0 Å². The van der Waals surface area contributed by atoms with Crippen LogP contribution in [0, 0.1) is 11.7 Å². The molecule has 2 aliphatic heterocycles. The summed E-state index contributed by atoms with van der Waals surface area (Å²) in [5.41, 5.74) is 2.45. The maximum Gasteiger partial charge on any atom is 0.254 e. The number of nitrogens with zero attached hydrogens (tertiary/aromatic N) is 2. The second-order valence-corrected chi connectivity index (χ2v) is 7.89. The van der Waals surface area contributed by atoms with Crippen molar-refractivity contribution < 1.29 is 14.3 Å². The summed E-state index contributed by atoms with van der Waals surface area (Å²) in [7, 11) is 1.99. The molecule has 0 bridgehead atoms. The Morgan fingerprint density at radius 3 is 2.85 bits per heavy atom. The molecule has 0 radical (unpaired) electrons. The predicted octanol–water partition coefficient (Wildman–Crippen LogP) is 3.60. The highest BCUT2D eigenvalue weighted by atomic mass is 79.9. The van der Waals surface area contributed by atoms with Crippen molar-refractivity contribution in [2.75, 3.05) is 25.1 Å². The van der Waals surface area contributed by atoms with Crippen LogP contribution in [0.2, 0.25) is 0 Å². The van der Waals surface area contributed by atoms with Gasteiger partial charge < -0.3 is 14.9 Å². The van der Waals surface area contributed by atoms with Crippen LogP contribution in [0.25, 0.3) is 0 Å². The monoisotopic (exact) mass is 418 g/mol. The Bertz CT molecular complexity index is 859. The highest BCUT2D eigenvalue weighted by molar-refractivity contribution is 9.10. The standard InChI is InChI=1S/C20H20BrFN2O2/c1-23-17-6-5-13(21)10-16(17)19-15(18(23)11-25)7-8-24(19)20(26)12-3-2-4-14(22)9-12/h2-6,9-10,15,18-19,25H,7-8,11H2,1H3/t15-,18-,19-/m1/s1. The van der Waals surface area contributed by atoms with Crippen LogP contribution in [0.3, 0.4) is 0 Å². The summed E-state index contributed by atoms with van der Waals surface area (Å²) in [5, 5.41) is 9.96. The lowest BCUT2D eigenvalue weighted by Gasteiger charge is -2.44. The first-order chi connectivity index (χ1) is 12.5. The van der Waals surface area contributed by atoms with Crippen LogP contribution in [-0.2, 0) is 0 Å². The normalized spacial score (nSPS) is 24.4. The van der Waals surface area contributed by atoms with E-state index in [0.29, 0.717) is 12.1 Å². The quantitative estimate of drug-likeness (QED) is 0.809. The average molecular weight is 419 g/mol. The Hall–Kier alpha value is -1.92. The number of amides is 1. The molecule has 2 aromatic carbocycles. The summed E-state index contributed by atoms with van der Waals surface area (Å²) in [4.78, 5) is 17.0. The maximum absolute atomic E-state index is 13.6. The molecule has 0 aliphatic carbocycles. The number of carbonyl (C=O) groups is 1. The number of aliphatic hydroxyl groups is 1. The zero-order chi connectivity index (χ0) is 18.4. The van der Waals surface area contributed by atoms with E-state index in [0.717, 1.165) is 22.1 Å². The number of aliphatic hydroxyl groups excluding tert-OH is 1.